The molecule has 0 spiro atoms. The van der Waals surface area contributed by atoms with E-state index in [1.165, 1.54) is 12.8 Å². The van der Waals surface area contributed by atoms with Crippen LogP contribution in [-0.4, -0.2) is 18.6 Å². The monoisotopic (exact) mass is 297 g/mol. The topological polar surface area (TPSA) is 38.3 Å². The van der Waals surface area contributed by atoms with Gasteiger partial charge in [0.25, 0.3) is 5.91 Å². The molecule has 0 aliphatic heterocycles. The lowest BCUT2D eigenvalue weighted by Gasteiger charge is -2.12. The number of amides is 1. The lowest BCUT2D eigenvalue weighted by molar-refractivity contribution is -0.123. The van der Waals surface area contributed by atoms with Gasteiger partial charge in [-0.1, -0.05) is 28.8 Å². The van der Waals surface area contributed by atoms with Crippen LogP contribution in [0, 0.1) is 0 Å². The van der Waals surface area contributed by atoms with E-state index in [0.717, 1.165) is 23.1 Å². The maximum absolute atomic E-state index is 11.6. The van der Waals surface area contributed by atoms with Crippen molar-refractivity contribution in [2.24, 2.45) is 0 Å². The average Bonchev–Trinajstić information content (AvgIpc) is 2.81. The Kier molecular flexibility index (Phi) is 4.42. The van der Waals surface area contributed by atoms with Gasteiger partial charge in [0.15, 0.2) is 6.61 Å². The quantitative estimate of drug-likeness (QED) is 0.928. The molecule has 92 valence electrons. The summed E-state index contributed by atoms with van der Waals surface area (Å²) in [6, 6.07) is 7.82. The molecule has 17 heavy (non-hydrogen) atoms. The highest BCUT2D eigenvalue weighted by atomic mass is 79.9. The summed E-state index contributed by atoms with van der Waals surface area (Å²) in [5, 5.41) is 2.99. The highest BCUT2D eigenvalue weighted by Gasteiger charge is 2.16. The van der Waals surface area contributed by atoms with Crippen molar-refractivity contribution in [2.75, 3.05) is 6.61 Å². The number of carbonyl (C=O) groups is 1. The second-order valence-corrected chi connectivity index (χ2v) is 5.21. The summed E-state index contributed by atoms with van der Waals surface area (Å²) < 4.78 is 6.40. The standard InChI is InChI=1S/C13H16BrNO2/c14-10-5-7-12(8-6-10)17-9-13(16)15-11-3-1-2-4-11/h5-8,11H,1-4,9H2,(H,15,16). The third-order valence-corrected chi connectivity index (χ3v) is 3.43. The minimum atomic E-state index is -0.0279. The third kappa shape index (κ3) is 4.04. The van der Waals surface area contributed by atoms with E-state index in [4.69, 9.17) is 4.74 Å². The first-order chi connectivity index (χ1) is 8.24. The van der Waals surface area contributed by atoms with Crippen LogP contribution in [0.1, 0.15) is 25.7 Å². The van der Waals surface area contributed by atoms with Crippen molar-refractivity contribution >= 4 is 21.8 Å². The van der Waals surface area contributed by atoms with E-state index >= 15 is 0 Å². The summed E-state index contributed by atoms with van der Waals surface area (Å²) in [5.41, 5.74) is 0. The van der Waals surface area contributed by atoms with Gasteiger partial charge in [0.1, 0.15) is 5.75 Å². The summed E-state index contributed by atoms with van der Waals surface area (Å²) in [6.45, 7) is 0.0954. The van der Waals surface area contributed by atoms with Gasteiger partial charge in [0.05, 0.1) is 0 Å². The van der Waals surface area contributed by atoms with Gasteiger partial charge in [-0.3, -0.25) is 4.79 Å². The van der Waals surface area contributed by atoms with Gasteiger partial charge in [0, 0.05) is 10.5 Å². The number of ether oxygens (including phenoxy) is 1. The molecule has 0 saturated heterocycles. The van der Waals surface area contributed by atoms with Gasteiger partial charge in [-0.25, -0.2) is 0 Å². The lowest BCUT2D eigenvalue weighted by atomic mass is 10.2. The predicted molar refractivity (Wildman–Crippen MR) is 70.0 cm³/mol. The van der Waals surface area contributed by atoms with Crippen LogP contribution >= 0.6 is 15.9 Å². The third-order valence-electron chi connectivity index (χ3n) is 2.90. The smallest absolute Gasteiger partial charge is 0.258 e. The molecule has 1 amide bonds. The number of halogens is 1. The fraction of sp³-hybridized carbons (Fsp3) is 0.462. The molecule has 2 rings (SSSR count). The maximum atomic E-state index is 11.6. The van der Waals surface area contributed by atoms with Crippen LogP contribution in [0.5, 0.6) is 5.75 Å². The van der Waals surface area contributed by atoms with E-state index in [9.17, 15) is 4.79 Å². The first-order valence-corrected chi connectivity index (χ1v) is 6.71. The Balaban J connectivity index is 1.73. The molecule has 0 aromatic heterocycles. The van der Waals surface area contributed by atoms with Crippen molar-refractivity contribution < 1.29 is 9.53 Å². The highest BCUT2D eigenvalue weighted by Crippen LogP contribution is 2.18. The number of carbonyl (C=O) groups excluding carboxylic acids is 1. The van der Waals surface area contributed by atoms with Gasteiger partial charge < -0.3 is 10.1 Å². The number of nitrogens with one attached hydrogen (secondary N) is 1. The van der Waals surface area contributed by atoms with Crippen LogP contribution in [0.4, 0.5) is 0 Å². The van der Waals surface area contributed by atoms with E-state index < -0.39 is 0 Å². The molecule has 0 bridgehead atoms. The number of rotatable bonds is 4. The molecule has 3 nitrogen and oxygen atoms in total. The molecule has 1 aliphatic carbocycles. The van der Waals surface area contributed by atoms with Crippen molar-refractivity contribution in [3.63, 3.8) is 0 Å². The summed E-state index contributed by atoms with van der Waals surface area (Å²) >= 11 is 3.35. The Hall–Kier alpha value is -1.03. The van der Waals surface area contributed by atoms with Crippen molar-refractivity contribution in [3.05, 3.63) is 28.7 Å². The van der Waals surface area contributed by atoms with Gasteiger partial charge in [-0.2, -0.15) is 0 Å². The van der Waals surface area contributed by atoms with Crippen molar-refractivity contribution in [1.82, 2.24) is 5.32 Å². The molecule has 1 aromatic carbocycles. The van der Waals surface area contributed by atoms with Crippen LogP contribution in [0.25, 0.3) is 0 Å². The van der Waals surface area contributed by atoms with Gasteiger partial charge >= 0.3 is 0 Å². The SMILES string of the molecule is O=C(COc1ccc(Br)cc1)NC1CCCC1. The molecule has 1 saturated carbocycles. The fourth-order valence-corrected chi connectivity index (χ4v) is 2.28. The minimum Gasteiger partial charge on any atom is -0.484 e. The Morgan fingerprint density at radius 1 is 1.29 bits per heavy atom. The Labute approximate surface area is 110 Å². The second-order valence-electron chi connectivity index (χ2n) is 4.29. The minimum absolute atomic E-state index is 0.0279. The molecular formula is C13H16BrNO2. The first-order valence-electron chi connectivity index (χ1n) is 5.92. The Morgan fingerprint density at radius 3 is 2.59 bits per heavy atom. The van der Waals surface area contributed by atoms with E-state index in [1.54, 1.807) is 0 Å². The first kappa shape index (κ1) is 12.4. The van der Waals surface area contributed by atoms with Gasteiger partial charge in [-0.15, -0.1) is 0 Å². The van der Waals surface area contributed by atoms with Gasteiger partial charge in [0.2, 0.25) is 0 Å². The molecule has 1 fully saturated rings. The number of hydrogen-bond donors (Lipinski definition) is 1. The van der Waals surface area contributed by atoms with E-state index in [0.29, 0.717) is 6.04 Å². The molecule has 0 atom stereocenters. The van der Waals surface area contributed by atoms with Crippen LogP contribution < -0.4 is 10.1 Å². The molecular weight excluding hydrogens is 282 g/mol. The largest absolute Gasteiger partial charge is 0.484 e. The zero-order valence-electron chi connectivity index (χ0n) is 9.62. The van der Waals surface area contributed by atoms with Crippen LogP contribution in [0.3, 0.4) is 0 Å². The molecule has 4 heteroatoms. The van der Waals surface area contributed by atoms with E-state index in [2.05, 4.69) is 21.2 Å². The zero-order chi connectivity index (χ0) is 12.1. The number of benzene rings is 1. The van der Waals surface area contributed by atoms with Crippen LogP contribution in [0.2, 0.25) is 0 Å². The van der Waals surface area contributed by atoms with Crippen molar-refractivity contribution in [3.8, 4) is 5.75 Å². The molecule has 1 aliphatic rings. The summed E-state index contributed by atoms with van der Waals surface area (Å²) in [6.07, 6.45) is 4.64. The highest BCUT2D eigenvalue weighted by molar-refractivity contribution is 9.10. The Bertz CT molecular complexity index is 372. The van der Waals surface area contributed by atoms with Crippen molar-refractivity contribution in [2.45, 2.75) is 31.7 Å². The number of hydrogen-bond acceptors (Lipinski definition) is 2. The normalized spacial score (nSPS) is 15.8. The second kappa shape index (κ2) is 6.05. The maximum Gasteiger partial charge on any atom is 0.258 e. The summed E-state index contributed by atoms with van der Waals surface area (Å²) in [5.74, 6) is 0.689. The molecule has 1 aromatic rings. The van der Waals surface area contributed by atoms with Gasteiger partial charge in [-0.05, 0) is 37.1 Å². The Morgan fingerprint density at radius 2 is 1.94 bits per heavy atom. The molecule has 0 radical (unpaired) electrons. The van der Waals surface area contributed by atoms with E-state index in [-0.39, 0.29) is 12.5 Å². The lowest BCUT2D eigenvalue weighted by Crippen LogP contribution is -2.36. The van der Waals surface area contributed by atoms with E-state index in [1.807, 2.05) is 24.3 Å². The fourth-order valence-electron chi connectivity index (χ4n) is 2.02. The average molecular weight is 298 g/mol. The molecule has 1 N–H and O–H groups in total. The summed E-state index contributed by atoms with van der Waals surface area (Å²) in [7, 11) is 0. The zero-order valence-corrected chi connectivity index (χ0v) is 11.2. The molecule has 0 heterocycles. The van der Waals surface area contributed by atoms with Crippen molar-refractivity contribution in [1.29, 1.82) is 0 Å². The predicted octanol–water partition coefficient (Wildman–Crippen LogP) is 2.89. The summed E-state index contributed by atoms with van der Waals surface area (Å²) in [4.78, 5) is 11.6. The molecule has 0 unspecified atom stereocenters. The van der Waals surface area contributed by atoms with Crippen LogP contribution in [0.15, 0.2) is 28.7 Å². The van der Waals surface area contributed by atoms with Crippen LogP contribution in [-0.2, 0) is 4.79 Å².